The minimum atomic E-state index is -0.375. The molecule has 3 amide bonds. The molecule has 2 rings (SSSR count). The van der Waals surface area contributed by atoms with Crippen molar-refractivity contribution in [3.8, 4) is 0 Å². The highest BCUT2D eigenvalue weighted by Crippen LogP contribution is 2.25. The number of urea groups is 1. The summed E-state index contributed by atoms with van der Waals surface area (Å²) in [5.74, 6) is 0.802. The number of primary amides is 1. The summed E-state index contributed by atoms with van der Waals surface area (Å²) in [7, 11) is 0. The van der Waals surface area contributed by atoms with Crippen LogP contribution in [0.1, 0.15) is 45.4 Å². The Hall–Kier alpha value is -1.26. The molecular formula is C14H25N3O2. The molecule has 0 radical (unpaired) electrons. The van der Waals surface area contributed by atoms with E-state index < -0.39 is 0 Å². The van der Waals surface area contributed by atoms with Crippen LogP contribution in [0.15, 0.2) is 0 Å². The summed E-state index contributed by atoms with van der Waals surface area (Å²) in [4.78, 5) is 24.9. The summed E-state index contributed by atoms with van der Waals surface area (Å²) in [6.45, 7) is 3.43. The molecule has 2 atom stereocenters. The Bertz CT molecular complexity index is 338. The molecule has 1 heterocycles. The van der Waals surface area contributed by atoms with Crippen LogP contribution in [0.5, 0.6) is 0 Å². The monoisotopic (exact) mass is 267 g/mol. The zero-order valence-corrected chi connectivity index (χ0v) is 11.7. The van der Waals surface area contributed by atoms with Crippen molar-refractivity contribution < 1.29 is 9.59 Å². The van der Waals surface area contributed by atoms with E-state index in [9.17, 15) is 9.59 Å². The van der Waals surface area contributed by atoms with Gasteiger partial charge in [-0.3, -0.25) is 4.79 Å². The van der Waals surface area contributed by atoms with Gasteiger partial charge in [-0.2, -0.15) is 0 Å². The van der Waals surface area contributed by atoms with E-state index in [1.807, 2.05) is 0 Å². The first-order chi connectivity index (χ1) is 9.08. The van der Waals surface area contributed by atoms with Gasteiger partial charge in [-0.05, 0) is 31.6 Å². The number of likely N-dealkylation sites (tertiary alicyclic amines) is 1. The third kappa shape index (κ3) is 3.61. The summed E-state index contributed by atoms with van der Waals surface area (Å²) in [5.41, 5.74) is 5.24. The molecule has 1 aliphatic heterocycles. The molecule has 1 saturated heterocycles. The second kappa shape index (κ2) is 6.26. The number of hydrogen-bond acceptors (Lipinski definition) is 2. The number of hydrogen-bond donors (Lipinski definition) is 2. The molecule has 2 fully saturated rings. The average Bonchev–Trinajstić information content (AvgIpc) is 2.41. The maximum absolute atomic E-state index is 12.2. The molecule has 0 aromatic carbocycles. The third-order valence-corrected chi connectivity index (χ3v) is 4.62. The summed E-state index contributed by atoms with van der Waals surface area (Å²) < 4.78 is 0. The van der Waals surface area contributed by atoms with Crippen LogP contribution in [0.25, 0.3) is 0 Å². The highest BCUT2D eigenvalue weighted by Gasteiger charge is 2.29. The smallest absolute Gasteiger partial charge is 0.314 e. The van der Waals surface area contributed by atoms with Crippen molar-refractivity contribution in [2.45, 2.75) is 51.5 Å². The van der Waals surface area contributed by atoms with Crippen LogP contribution in [-0.2, 0) is 4.79 Å². The molecule has 0 aromatic heterocycles. The average molecular weight is 267 g/mol. The maximum atomic E-state index is 12.2. The third-order valence-electron chi connectivity index (χ3n) is 4.62. The lowest BCUT2D eigenvalue weighted by Gasteiger charge is -2.33. The molecule has 2 aliphatic rings. The van der Waals surface area contributed by atoms with Crippen LogP contribution < -0.4 is 11.1 Å². The summed E-state index contributed by atoms with van der Waals surface area (Å²) in [6, 6.07) is -0.0322. The Balaban J connectivity index is 1.79. The second-order valence-electron chi connectivity index (χ2n) is 5.98. The molecular weight excluding hydrogens is 242 g/mol. The zero-order valence-electron chi connectivity index (χ0n) is 11.7. The summed E-state index contributed by atoms with van der Waals surface area (Å²) in [6.07, 6.45) is 6.28. The molecule has 0 bridgehead atoms. The van der Waals surface area contributed by atoms with E-state index in [0.29, 0.717) is 25.0 Å². The largest absolute Gasteiger partial charge is 0.353 e. The number of carbonyl (C=O) groups excluding carboxylic acids is 2. The molecule has 108 valence electrons. The number of nitrogens with two attached hydrogens (primary N) is 1. The lowest BCUT2D eigenvalue weighted by atomic mass is 9.85. The molecule has 0 spiro atoms. The highest BCUT2D eigenvalue weighted by molar-refractivity contribution is 5.79. The first-order valence-corrected chi connectivity index (χ1v) is 7.42. The normalized spacial score (nSPS) is 29.0. The van der Waals surface area contributed by atoms with Crippen LogP contribution in [0.4, 0.5) is 4.79 Å². The van der Waals surface area contributed by atoms with Crippen molar-refractivity contribution in [3.05, 3.63) is 0 Å². The van der Waals surface area contributed by atoms with Crippen LogP contribution in [0.2, 0.25) is 0 Å². The van der Waals surface area contributed by atoms with Crippen LogP contribution in [-0.4, -0.2) is 36.0 Å². The lowest BCUT2D eigenvalue weighted by molar-refractivity contribution is -0.127. The topological polar surface area (TPSA) is 75.4 Å². The lowest BCUT2D eigenvalue weighted by Crippen LogP contribution is -2.48. The van der Waals surface area contributed by atoms with Crippen LogP contribution >= 0.6 is 0 Å². The predicted molar refractivity (Wildman–Crippen MR) is 73.4 cm³/mol. The van der Waals surface area contributed by atoms with E-state index in [0.717, 1.165) is 19.3 Å². The van der Waals surface area contributed by atoms with Gasteiger partial charge in [0, 0.05) is 25.0 Å². The van der Waals surface area contributed by atoms with Crippen molar-refractivity contribution in [3.63, 3.8) is 0 Å². The van der Waals surface area contributed by atoms with E-state index >= 15 is 0 Å². The fourth-order valence-electron chi connectivity index (χ4n) is 3.19. The van der Waals surface area contributed by atoms with E-state index in [1.165, 1.54) is 19.3 Å². The van der Waals surface area contributed by atoms with Crippen molar-refractivity contribution in [2.75, 3.05) is 13.1 Å². The van der Waals surface area contributed by atoms with Gasteiger partial charge in [-0.15, -0.1) is 0 Å². The van der Waals surface area contributed by atoms with Crippen LogP contribution in [0, 0.1) is 11.8 Å². The van der Waals surface area contributed by atoms with Gasteiger partial charge in [0.25, 0.3) is 0 Å². The highest BCUT2D eigenvalue weighted by atomic mass is 16.2. The van der Waals surface area contributed by atoms with E-state index in [4.69, 9.17) is 5.73 Å². The van der Waals surface area contributed by atoms with E-state index in [-0.39, 0.29) is 17.9 Å². The predicted octanol–water partition coefficient (Wildman–Crippen LogP) is 1.47. The minimum absolute atomic E-state index is 0.0460. The van der Waals surface area contributed by atoms with Crippen molar-refractivity contribution in [1.82, 2.24) is 10.2 Å². The van der Waals surface area contributed by atoms with E-state index in [1.54, 1.807) is 4.90 Å². The number of nitrogens with zero attached hydrogens (tertiary/aromatic N) is 1. The Labute approximate surface area is 114 Å². The molecule has 5 heteroatoms. The molecule has 1 saturated carbocycles. The van der Waals surface area contributed by atoms with E-state index in [2.05, 4.69) is 12.2 Å². The standard InChI is InChI=1S/C14H25N3O2/c1-10-4-2-3-5-12(10)16-13(18)11-6-8-17(9-7-11)14(15)19/h10-12H,2-9H2,1H3,(H2,15,19)(H,16,18)/t10-,12-/m1/s1. The van der Waals surface area contributed by atoms with Gasteiger partial charge >= 0.3 is 6.03 Å². The molecule has 5 nitrogen and oxygen atoms in total. The molecule has 19 heavy (non-hydrogen) atoms. The van der Waals surface area contributed by atoms with Gasteiger partial charge in [0.2, 0.25) is 5.91 Å². The van der Waals surface area contributed by atoms with Crippen molar-refractivity contribution in [1.29, 1.82) is 0 Å². The molecule has 0 aromatic rings. The maximum Gasteiger partial charge on any atom is 0.314 e. The Morgan fingerprint density at radius 3 is 2.32 bits per heavy atom. The Morgan fingerprint density at radius 1 is 1.11 bits per heavy atom. The minimum Gasteiger partial charge on any atom is -0.353 e. The number of rotatable bonds is 2. The fourth-order valence-corrected chi connectivity index (χ4v) is 3.19. The van der Waals surface area contributed by atoms with Crippen LogP contribution in [0.3, 0.4) is 0 Å². The second-order valence-corrected chi connectivity index (χ2v) is 5.98. The Kier molecular flexibility index (Phi) is 4.66. The molecule has 3 N–H and O–H groups in total. The Morgan fingerprint density at radius 2 is 1.74 bits per heavy atom. The SMILES string of the molecule is C[C@@H]1CCCC[C@H]1NC(=O)C1CCN(C(N)=O)CC1. The number of nitrogens with one attached hydrogen (secondary N) is 1. The van der Waals surface area contributed by atoms with Gasteiger partial charge < -0.3 is 16.0 Å². The molecule has 0 unspecified atom stereocenters. The number of amides is 3. The fraction of sp³-hybridized carbons (Fsp3) is 0.857. The quantitative estimate of drug-likeness (QED) is 0.795. The van der Waals surface area contributed by atoms with Gasteiger partial charge in [0.05, 0.1) is 0 Å². The number of piperidine rings is 1. The van der Waals surface area contributed by atoms with Crippen molar-refractivity contribution in [2.24, 2.45) is 17.6 Å². The number of carbonyl (C=O) groups is 2. The van der Waals surface area contributed by atoms with Gasteiger partial charge in [0.15, 0.2) is 0 Å². The summed E-state index contributed by atoms with van der Waals surface area (Å²) >= 11 is 0. The van der Waals surface area contributed by atoms with Crippen molar-refractivity contribution >= 4 is 11.9 Å². The van der Waals surface area contributed by atoms with Gasteiger partial charge in [0.1, 0.15) is 0 Å². The zero-order chi connectivity index (χ0) is 13.8. The summed E-state index contributed by atoms with van der Waals surface area (Å²) in [5, 5.41) is 3.21. The first kappa shape index (κ1) is 14.2. The van der Waals surface area contributed by atoms with Gasteiger partial charge in [-0.25, -0.2) is 4.79 Å². The first-order valence-electron chi connectivity index (χ1n) is 7.42. The van der Waals surface area contributed by atoms with Gasteiger partial charge in [-0.1, -0.05) is 19.8 Å². The molecule has 1 aliphatic carbocycles.